The maximum absolute atomic E-state index is 13.6. The second kappa shape index (κ2) is 13.1. The van der Waals surface area contributed by atoms with E-state index in [4.69, 9.17) is 11.6 Å². The van der Waals surface area contributed by atoms with Gasteiger partial charge in [-0.2, -0.15) is 0 Å². The Bertz CT molecular complexity index is 1590. The molecule has 0 heterocycles. The van der Waals surface area contributed by atoms with E-state index < -0.39 is 5.41 Å². The number of carbonyl (C=O) groups excluding carboxylic acids is 1. The average Bonchev–Trinajstić information content (AvgIpc) is 3.02. The molecule has 2 N–H and O–H groups in total. The lowest BCUT2D eigenvalue weighted by molar-refractivity contribution is 0.102. The fourth-order valence-electron chi connectivity index (χ4n) is 5.72. The van der Waals surface area contributed by atoms with Gasteiger partial charge in [0.05, 0.1) is 21.7 Å². The van der Waals surface area contributed by atoms with Crippen molar-refractivity contribution in [3.05, 3.63) is 163 Å². The summed E-state index contributed by atoms with van der Waals surface area (Å²) < 4.78 is 0.946. The predicted octanol–water partition coefficient (Wildman–Crippen LogP) is 9.94. The van der Waals surface area contributed by atoms with E-state index in [0.29, 0.717) is 16.3 Å². The SMILES string of the molecule is CCCCc1cc(I)c(C)c(C(=O)Nc2ccc(C(c3ccccc3)(c3ccccc3)c3ccccc3)cc2Cl)c1O. The Labute approximate surface area is 266 Å². The molecule has 5 heteroatoms. The van der Waals surface area contributed by atoms with Crippen LogP contribution in [0.4, 0.5) is 5.69 Å². The molecule has 0 aliphatic carbocycles. The molecule has 0 radical (unpaired) electrons. The predicted molar refractivity (Wildman–Crippen MR) is 182 cm³/mol. The molecule has 5 aromatic carbocycles. The lowest BCUT2D eigenvalue weighted by Crippen LogP contribution is -2.31. The molecule has 3 nitrogen and oxygen atoms in total. The van der Waals surface area contributed by atoms with Gasteiger partial charge >= 0.3 is 0 Å². The number of rotatable bonds is 9. The lowest BCUT2D eigenvalue weighted by atomic mass is 9.65. The number of amides is 1. The minimum Gasteiger partial charge on any atom is -0.507 e. The second-order valence-electron chi connectivity index (χ2n) is 10.5. The number of nitrogens with one attached hydrogen (secondary N) is 1. The van der Waals surface area contributed by atoms with Crippen molar-refractivity contribution < 1.29 is 9.90 Å². The van der Waals surface area contributed by atoms with E-state index in [1.165, 1.54) is 0 Å². The minimum absolute atomic E-state index is 0.0443. The Balaban J connectivity index is 1.61. The fraction of sp³-hybridized carbons (Fsp3) is 0.162. The molecule has 0 aliphatic heterocycles. The van der Waals surface area contributed by atoms with Crippen LogP contribution in [0.25, 0.3) is 0 Å². The van der Waals surface area contributed by atoms with E-state index in [1.54, 1.807) is 0 Å². The highest BCUT2D eigenvalue weighted by Crippen LogP contribution is 2.46. The van der Waals surface area contributed by atoms with Gasteiger partial charge in [0, 0.05) is 3.57 Å². The molecule has 0 aromatic heterocycles. The number of carbonyl (C=O) groups is 1. The number of phenols is 1. The molecule has 0 unspecified atom stereocenters. The summed E-state index contributed by atoms with van der Waals surface area (Å²) in [6, 6.07) is 39.0. The van der Waals surface area contributed by atoms with E-state index in [-0.39, 0.29) is 11.7 Å². The molecule has 212 valence electrons. The smallest absolute Gasteiger partial charge is 0.259 e. The van der Waals surface area contributed by atoms with Crippen molar-refractivity contribution in [1.29, 1.82) is 0 Å². The first-order valence-electron chi connectivity index (χ1n) is 14.2. The Morgan fingerprint density at radius 1 is 0.810 bits per heavy atom. The summed E-state index contributed by atoms with van der Waals surface area (Å²) >= 11 is 9.19. The Morgan fingerprint density at radius 3 is 1.81 bits per heavy atom. The molecule has 0 spiro atoms. The van der Waals surface area contributed by atoms with Crippen LogP contribution in [-0.2, 0) is 11.8 Å². The largest absolute Gasteiger partial charge is 0.507 e. The molecule has 5 rings (SSSR count). The molecule has 0 saturated heterocycles. The van der Waals surface area contributed by atoms with Gasteiger partial charge in [-0.15, -0.1) is 0 Å². The van der Waals surface area contributed by atoms with Crippen molar-refractivity contribution in [2.75, 3.05) is 5.32 Å². The normalized spacial score (nSPS) is 11.3. The van der Waals surface area contributed by atoms with Crippen molar-refractivity contribution in [2.24, 2.45) is 0 Å². The summed E-state index contributed by atoms with van der Waals surface area (Å²) in [5.74, 6) is -0.334. The first kappa shape index (κ1) is 29.9. The summed E-state index contributed by atoms with van der Waals surface area (Å²) in [6.07, 6.45) is 2.66. The van der Waals surface area contributed by atoms with Gasteiger partial charge in [-0.25, -0.2) is 0 Å². The number of hydrogen-bond acceptors (Lipinski definition) is 2. The van der Waals surface area contributed by atoms with Crippen LogP contribution in [0.1, 0.15) is 63.5 Å². The highest BCUT2D eigenvalue weighted by molar-refractivity contribution is 14.1. The molecule has 0 fully saturated rings. The minimum atomic E-state index is -0.644. The number of benzene rings is 5. The van der Waals surface area contributed by atoms with Crippen LogP contribution in [0, 0.1) is 10.5 Å². The van der Waals surface area contributed by atoms with Gasteiger partial charge < -0.3 is 10.4 Å². The van der Waals surface area contributed by atoms with Gasteiger partial charge in [0.2, 0.25) is 0 Å². The monoisotopic (exact) mass is 685 g/mol. The van der Waals surface area contributed by atoms with Gasteiger partial charge in [-0.1, -0.05) is 122 Å². The molecule has 0 bridgehead atoms. The third-order valence-corrected chi connectivity index (χ3v) is 9.31. The number of halogens is 2. The number of phenolic OH excluding ortho intramolecular Hbond substituents is 1. The van der Waals surface area contributed by atoms with Crippen LogP contribution in [-0.4, -0.2) is 11.0 Å². The van der Waals surface area contributed by atoms with E-state index >= 15 is 0 Å². The number of anilines is 1. The van der Waals surface area contributed by atoms with E-state index in [1.807, 2.05) is 49.4 Å². The third kappa shape index (κ3) is 5.70. The zero-order chi connectivity index (χ0) is 29.7. The van der Waals surface area contributed by atoms with Gasteiger partial charge in [-0.05, 0) is 93.9 Å². The highest BCUT2D eigenvalue weighted by Gasteiger charge is 2.38. The molecule has 42 heavy (non-hydrogen) atoms. The van der Waals surface area contributed by atoms with Gasteiger partial charge in [-0.3, -0.25) is 4.79 Å². The van der Waals surface area contributed by atoms with Gasteiger partial charge in [0.1, 0.15) is 5.75 Å². The Kier molecular flexibility index (Phi) is 9.34. The summed E-state index contributed by atoms with van der Waals surface area (Å²) in [4.78, 5) is 13.6. The Morgan fingerprint density at radius 2 is 1.33 bits per heavy atom. The van der Waals surface area contributed by atoms with Crippen LogP contribution in [0.2, 0.25) is 5.02 Å². The average molecular weight is 686 g/mol. The maximum Gasteiger partial charge on any atom is 0.259 e. The first-order valence-corrected chi connectivity index (χ1v) is 15.6. The topological polar surface area (TPSA) is 49.3 Å². The van der Waals surface area contributed by atoms with Crippen LogP contribution in [0.3, 0.4) is 0 Å². The van der Waals surface area contributed by atoms with E-state index in [0.717, 1.165) is 56.2 Å². The third-order valence-electron chi connectivity index (χ3n) is 7.87. The van der Waals surface area contributed by atoms with Crippen molar-refractivity contribution in [2.45, 2.75) is 38.5 Å². The number of aryl methyl sites for hydroxylation is 1. The van der Waals surface area contributed by atoms with E-state index in [9.17, 15) is 9.90 Å². The van der Waals surface area contributed by atoms with Crippen LogP contribution >= 0.6 is 34.2 Å². The van der Waals surface area contributed by atoms with E-state index in [2.05, 4.69) is 108 Å². The first-order chi connectivity index (χ1) is 20.4. The van der Waals surface area contributed by atoms with Gasteiger partial charge in [0.15, 0.2) is 0 Å². The van der Waals surface area contributed by atoms with Crippen LogP contribution < -0.4 is 5.32 Å². The maximum atomic E-state index is 13.6. The molecule has 0 atom stereocenters. The standard InChI is InChI=1S/C37H33ClINO2/c1-3-4-14-26-23-32(39)25(2)34(35(26)41)36(42)40-33-22-21-30(24-31(33)38)37(27-15-8-5-9-16-27,28-17-10-6-11-18-28)29-19-12-7-13-20-29/h5-13,15-24,41H,3-4,14H2,1-2H3,(H,40,42). The van der Waals surface area contributed by atoms with Crippen LogP contribution in [0.15, 0.2) is 115 Å². The van der Waals surface area contributed by atoms with Gasteiger partial charge in [0.25, 0.3) is 5.91 Å². The molecule has 0 saturated carbocycles. The second-order valence-corrected chi connectivity index (χ2v) is 12.0. The number of unbranched alkanes of at least 4 members (excludes halogenated alkanes) is 1. The van der Waals surface area contributed by atoms with Crippen molar-refractivity contribution >= 4 is 45.8 Å². The summed E-state index contributed by atoms with van der Waals surface area (Å²) in [5, 5.41) is 14.5. The molecular weight excluding hydrogens is 653 g/mol. The van der Waals surface area contributed by atoms with Crippen molar-refractivity contribution in [3.63, 3.8) is 0 Å². The van der Waals surface area contributed by atoms with Crippen molar-refractivity contribution in [1.82, 2.24) is 0 Å². The quantitative estimate of drug-likeness (QED) is 0.120. The summed E-state index contributed by atoms with van der Waals surface area (Å²) in [6.45, 7) is 3.97. The zero-order valence-electron chi connectivity index (χ0n) is 23.7. The molecule has 1 amide bonds. The zero-order valence-corrected chi connectivity index (χ0v) is 26.6. The fourth-order valence-corrected chi connectivity index (χ4v) is 6.60. The lowest BCUT2D eigenvalue weighted by Gasteiger charge is -2.37. The highest BCUT2D eigenvalue weighted by atomic mass is 127. The number of aromatic hydroxyl groups is 1. The van der Waals surface area contributed by atoms with Crippen molar-refractivity contribution in [3.8, 4) is 5.75 Å². The summed E-state index contributed by atoms with van der Waals surface area (Å²) in [5.41, 5.74) is 5.96. The van der Waals surface area contributed by atoms with Crippen LogP contribution in [0.5, 0.6) is 5.75 Å². The summed E-state index contributed by atoms with van der Waals surface area (Å²) in [7, 11) is 0. The molecule has 5 aromatic rings. The Hall–Kier alpha value is -3.61. The molecular formula is C37H33ClINO2. The molecule has 0 aliphatic rings. The number of hydrogen-bond donors (Lipinski definition) is 2.